The molecule has 4 unspecified atom stereocenters. The lowest BCUT2D eigenvalue weighted by atomic mass is 9.93. The summed E-state index contributed by atoms with van der Waals surface area (Å²) in [5.41, 5.74) is 0. The molecular formula is C12H20O6. The van der Waals surface area contributed by atoms with Crippen molar-refractivity contribution in [1.82, 2.24) is 0 Å². The maximum absolute atomic E-state index is 11.3. The van der Waals surface area contributed by atoms with Crippen LogP contribution in [0.3, 0.4) is 0 Å². The van der Waals surface area contributed by atoms with Gasteiger partial charge in [0, 0.05) is 32.5 Å². The average Bonchev–Trinajstić information content (AvgIpc) is 2.84. The zero-order valence-electron chi connectivity index (χ0n) is 10.8. The molecule has 1 saturated carbocycles. The Morgan fingerprint density at radius 2 is 2.06 bits per heavy atom. The van der Waals surface area contributed by atoms with Gasteiger partial charge < -0.3 is 23.7 Å². The molecule has 0 aromatic heterocycles. The summed E-state index contributed by atoms with van der Waals surface area (Å²) in [7, 11) is 3.17. The van der Waals surface area contributed by atoms with Crippen LogP contribution in [0.2, 0.25) is 0 Å². The van der Waals surface area contributed by atoms with Crippen LogP contribution in [0.5, 0.6) is 0 Å². The van der Waals surface area contributed by atoms with E-state index in [4.69, 9.17) is 23.7 Å². The van der Waals surface area contributed by atoms with Crippen LogP contribution in [0.4, 0.5) is 0 Å². The van der Waals surface area contributed by atoms with Gasteiger partial charge >= 0.3 is 5.97 Å². The zero-order chi connectivity index (χ0) is 13.0. The first kappa shape index (κ1) is 13.7. The van der Waals surface area contributed by atoms with Crippen molar-refractivity contribution in [2.45, 2.75) is 25.0 Å². The van der Waals surface area contributed by atoms with Gasteiger partial charge in [-0.05, 0) is 0 Å². The van der Waals surface area contributed by atoms with E-state index in [0.717, 1.165) is 6.42 Å². The van der Waals surface area contributed by atoms with Gasteiger partial charge in [0.15, 0.2) is 0 Å². The lowest BCUT2D eigenvalue weighted by Gasteiger charge is -2.22. The number of ether oxygens (including phenoxy) is 5. The Hall–Kier alpha value is -0.690. The van der Waals surface area contributed by atoms with Gasteiger partial charge in [0.2, 0.25) is 0 Å². The Bertz CT molecular complexity index is 282. The van der Waals surface area contributed by atoms with Gasteiger partial charge in [-0.2, -0.15) is 0 Å². The number of hydrogen-bond acceptors (Lipinski definition) is 6. The van der Waals surface area contributed by atoms with E-state index in [9.17, 15) is 4.79 Å². The van der Waals surface area contributed by atoms with Crippen molar-refractivity contribution < 1.29 is 28.5 Å². The minimum atomic E-state index is -0.119. The molecule has 1 aliphatic carbocycles. The summed E-state index contributed by atoms with van der Waals surface area (Å²) in [6.45, 7) is 1.01. The SMILES string of the molecule is COCOCC1C(OCOC)CC2OC(=O)CC21. The fraction of sp³-hybridized carbons (Fsp3) is 0.917. The standard InChI is InChI=1S/C12H20O6/c1-14-6-16-5-9-8-3-12(13)18-11(8)4-10(9)17-7-15-2/h8-11H,3-7H2,1-2H3. The van der Waals surface area contributed by atoms with E-state index in [1.807, 2.05) is 0 Å². The first-order chi connectivity index (χ1) is 8.76. The van der Waals surface area contributed by atoms with Crippen molar-refractivity contribution in [3.63, 3.8) is 0 Å². The number of hydrogen-bond donors (Lipinski definition) is 0. The predicted octanol–water partition coefficient (Wildman–Crippen LogP) is 0.548. The molecule has 104 valence electrons. The third-order valence-corrected chi connectivity index (χ3v) is 3.57. The highest BCUT2D eigenvalue weighted by atomic mass is 16.7. The summed E-state index contributed by atoms with van der Waals surface area (Å²) in [5.74, 6) is 0.231. The van der Waals surface area contributed by atoms with E-state index in [1.54, 1.807) is 14.2 Å². The molecule has 0 spiro atoms. The van der Waals surface area contributed by atoms with Gasteiger partial charge in [0.1, 0.15) is 19.7 Å². The molecule has 0 aromatic carbocycles. The fourth-order valence-corrected chi connectivity index (χ4v) is 2.80. The first-order valence-electron chi connectivity index (χ1n) is 6.13. The molecule has 6 nitrogen and oxygen atoms in total. The van der Waals surface area contributed by atoms with Crippen molar-refractivity contribution in [1.29, 1.82) is 0 Å². The molecule has 6 heteroatoms. The largest absolute Gasteiger partial charge is 0.462 e. The van der Waals surface area contributed by atoms with E-state index in [-0.39, 0.29) is 43.6 Å². The van der Waals surface area contributed by atoms with Gasteiger partial charge in [-0.25, -0.2) is 0 Å². The number of carbonyl (C=O) groups excluding carboxylic acids is 1. The highest BCUT2D eigenvalue weighted by Crippen LogP contribution is 2.42. The van der Waals surface area contributed by atoms with Gasteiger partial charge in [0.25, 0.3) is 0 Å². The maximum atomic E-state index is 11.3. The summed E-state index contributed by atoms with van der Waals surface area (Å²) in [4.78, 5) is 11.3. The van der Waals surface area contributed by atoms with Crippen LogP contribution in [0.25, 0.3) is 0 Å². The van der Waals surface area contributed by atoms with E-state index in [1.165, 1.54) is 0 Å². The van der Waals surface area contributed by atoms with Crippen molar-refractivity contribution >= 4 is 5.97 Å². The van der Waals surface area contributed by atoms with E-state index >= 15 is 0 Å². The molecule has 2 aliphatic rings. The monoisotopic (exact) mass is 260 g/mol. The molecule has 0 bridgehead atoms. The summed E-state index contributed by atoms with van der Waals surface area (Å²) in [6.07, 6.45) is 1.17. The van der Waals surface area contributed by atoms with Crippen molar-refractivity contribution in [2.75, 3.05) is 34.4 Å². The Kier molecular flexibility index (Phi) is 4.94. The Balaban J connectivity index is 1.91. The van der Waals surface area contributed by atoms with Crippen molar-refractivity contribution in [2.24, 2.45) is 11.8 Å². The molecule has 2 fully saturated rings. The smallest absolute Gasteiger partial charge is 0.306 e. The second-order valence-corrected chi connectivity index (χ2v) is 4.68. The van der Waals surface area contributed by atoms with Crippen LogP contribution < -0.4 is 0 Å². The topological polar surface area (TPSA) is 63.2 Å². The van der Waals surface area contributed by atoms with Crippen LogP contribution >= 0.6 is 0 Å². The lowest BCUT2D eigenvalue weighted by Crippen LogP contribution is -2.28. The van der Waals surface area contributed by atoms with Crippen LogP contribution in [0, 0.1) is 11.8 Å². The van der Waals surface area contributed by atoms with Crippen LogP contribution in [0.1, 0.15) is 12.8 Å². The quantitative estimate of drug-likeness (QED) is 0.378. The second kappa shape index (κ2) is 6.47. The summed E-state index contributed by atoms with van der Waals surface area (Å²) >= 11 is 0. The third-order valence-electron chi connectivity index (χ3n) is 3.57. The Morgan fingerprint density at radius 1 is 1.28 bits per heavy atom. The number of carbonyl (C=O) groups is 1. The van der Waals surface area contributed by atoms with Crippen molar-refractivity contribution in [3.05, 3.63) is 0 Å². The molecule has 1 heterocycles. The summed E-state index contributed by atoms with van der Waals surface area (Å²) in [6, 6.07) is 0. The molecule has 1 saturated heterocycles. The molecule has 2 rings (SSSR count). The van der Waals surface area contributed by atoms with Gasteiger partial charge in [-0.15, -0.1) is 0 Å². The molecule has 1 aliphatic heterocycles. The molecule has 4 atom stereocenters. The Labute approximate surface area is 106 Å². The molecule has 0 radical (unpaired) electrons. The van der Waals surface area contributed by atoms with Gasteiger partial charge in [-0.1, -0.05) is 0 Å². The molecular weight excluding hydrogens is 240 g/mol. The summed E-state index contributed by atoms with van der Waals surface area (Å²) in [5, 5.41) is 0. The zero-order valence-corrected chi connectivity index (χ0v) is 10.8. The van der Waals surface area contributed by atoms with Crippen LogP contribution in [0.15, 0.2) is 0 Å². The fourth-order valence-electron chi connectivity index (χ4n) is 2.80. The number of fused-ring (bicyclic) bond motifs is 1. The number of methoxy groups -OCH3 is 2. The number of esters is 1. The molecule has 0 aromatic rings. The highest BCUT2D eigenvalue weighted by Gasteiger charge is 2.50. The first-order valence-corrected chi connectivity index (χ1v) is 6.13. The van der Waals surface area contributed by atoms with E-state index in [0.29, 0.717) is 13.0 Å². The normalized spacial score (nSPS) is 34.7. The van der Waals surface area contributed by atoms with E-state index in [2.05, 4.69) is 0 Å². The third kappa shape index (κ3) is 3.00. The van der Waals surface area contributed by atoms with E-state index < -0.39 is 0 Å². The lowest BCUT2D eigenvalue weighted by molar-refractivity contribution is -0.143. The maximum Gasteiger partial charge on any atom is 0.306 e. The number of rotatable bonds is 7. The highest BCUT2D eigenvalue weighted by molar-refractivity contribution is 5.72. The summed E-state index contributed by atoms with van der Waals surface area (Å²) < 4.78 is 26.1. The van der Waals surface area contributed by atoms with Crippen LogP contribution in [-0.2, 0) is 28.5 Å². The second-order valence-electron chi connectivity index (χ2n) is 4.68. The van der Waals surface area contributed by atoms with Crippen LogP contribution in [-0.4, -0.2) is 52.6 Å². The molecule has 18 heavy (non-hydrogen) atoms. The minimum absolute atomic E-state index is 0.0184. The predicted molar refractivity (Wildman–Crippen MR) is 60.7 cm³/mol. The molecule has 0 N–H and O–H groups in total. The minimum Gasteiger partial charge on any atom is -0.462 e. The van der Waals surface area contributed by atoms with Gasteiger partial charge in [0.05, 0.1) is 19.1 Å². The average molecular weight is 260 g/mol. The van der Waals surface area contributed by atoms with Crippen molar-refractivity contribution in [3.8, 4) is 0 Å². The van der Waals surface area contributed by atoms with Gasteiger partial charge in [-0.3, -0.25) is 4.79 Å². The Morgan fingerprint density at radius 3 is 2.78 bits per heavy atom. The molecule has 0 amide bonds.